The number of sulfonamides is 1. The molecule has 0 radical (unpaired) electrons. The van der Waals surface area contributed by atoms with Crippen LogP contribution >= 0.6 is 0 Å². The maximum absolute atomic E-state index is 13.3. The van der Waals surface area contributed by atoms with Crippen molar-refractivity contribution in [2.24, 2.45) is 0 Å². The molecule has 0 heterocycles. The summed E-state index contributed by atoms with van der Waals surface area (Å²) in [6.07, 6.45) is 0.617. The number of nitrogens with one attached hydrogen (secondary N) is 1. The highest BCUT2D eigenvalue weighted by molar-refractivity contribution is 7.92. The van der Waals surface area contributed by atoms with Crippen LogP contribution in [0.15, 0.2) is 47.4 Å². The molecule has 116 valence electrons. The quantitative estimate of drug-likeness (QED) is 0.905. The maximum atomic E-state index is 13.3. The minimum atomic E-state index is -4.03. The zero-order valence-electron chi connectivity index (χ0n) is 11.7. The fourth-order valence-electron chi connectivity index (χ4n) is 1.96. The van der Waals surface area contributed by atoms with E-state index in [0.29, 0.717) is 12.1 Å². The lowest BCUT2D eigenvalue weighted by Gasteiger charge is -2.13. The van der Waals surface area contributed by atoms with Gasteiger partial charge in [-0.3, -0.25) is 4.72 Å². The number of hydrogen-bond donors (Lipinski definition) is 1. The molecule has 0 atom stereocenters. The van der Waals surface area contributed by atoms with Gasteiger partial charge < -0.3 is 9.90 Å². The summed E-state index contributed by atoms with van der Waals surface area (Å²) in [4.78, 5) is 10.4. The van der Waals surface area contributed by atoms with Gasteiger partial charge >= 0.3 is 0 Å². The van der Waals surface area contributed by atoms with Crippen molar-refractivity contribution in [1.29, 1.82) is 0 Å². The lowest BCUT2D eigenvalue weighted by Crippen LogP contribution is -2.24. The summed E-state index contributed by atoms with van der Waals surface area (Å²) >= 11 is 0. The zero-order chi connectivity index (χ0) is 16.3. The van der Waals surface area contributed by atoms with Crippen molar-refractivity contribution in [3.8, 4) is 0 Å². The van der Waals surface area contributed by atoms with E-state index in [1.807, 2.05) is 6.92 Å². The molecule has 5 nitrogen and oxygen atoms in total. The van der Waals surface area contributed by atoms with E-state index >= 15 is 0 Å². The summed E-state index contributed by atoms with van der Waals surface area (Å²) < 4.78 is 40.3. The number of aromatic carboxylic acids is 1. The van der Waals surface area contributed by atoms with Gasteiger partial charge in [0.05, 0.1) is 16.6 Å². The van der Waals surface area contributed by atoms with Gasteiger partial charge in [-0.1, -0.05) is 25.1 Å². The first-order valence-corrected chi connectivity index (χ1v) is 7.95. The van der Waals surface area contributed by atoms with E-state index in [9.17, 15) is 22.7 Å². The number of carbonyl (C=O) groups excluding carboxylic acids is 1. The number of carbonyl (C=O) groups is 1. The molecule has 2 aromatic carbocycles. The molecule has 0 saturated carbocycles. The third-order valence-corrected chi connectivity index (χ3v) is 4.47. The number of benzene rings is 2. The zero-order valence-corrected chi connectivity index (χ0v) is 12.5. The molecule has 0 amide bonds. The van der Waals surface area contributed by atoms with Crippen LogP contribution in [-0.2, 0) is 16.4 Å². The molecule has 0 aliphatic carbocycles. The van der Waals surface area contributed by atoms with Crippen molar-refractivity contribution in [3.63, 3.8) is 0 Å². The molecular weight excluding hydrogens is 309 g/mol. The Balaban J connectivity index is 2.43. The second-order valence-corrected chi connectivity index (χ2v) is 6.23. The molecule has 7 heteroatoms. The van der Waals surface area contributed by atoms with Gasteiger partial charge in [-0.2, -0.15) is 0 Å². The van der Waals surface area contributed by atoms with Gasteiger partial charge in [-0.25, -0.2) is 12.8 Å². The fourth-order valence-corrected chi connectivity index (χ4v) is 3.09. The van der Waals surface area contributed by atoms with Crippen molar-refractivity contribution in [2.75, 3.05) is 4.72 Å². The number of carboxylic acids is 1. The maximum Gasteiger partial charge on any atom is 0.261 e. The number of para-hydroxylation sites is 1. The second kappa shape index (κ2) is 6.15. The molecule has 0 unspecified atom stereocenters. The smallest absolute Gasteiger partial charge is 0.261 e. The van der Waals surface area contributed by atoms with Crippen molar-refractivity contribution in [2.45, 2.75) is 18.2 Å². The van der Waals surface area contributed by atoms with E-state index < -0.39 is 27.4 Å². The average molecular weight is 322 g/mol. The van der Waals surface area contributed by atoms with Gasteiger partial charge in [-0.05, 0) is 36.2 Å². The molecule has 0 aliphatic rings. The Bertz CT molecular complexity index is 818. The topological polar surface area (TPSA) is 86.3 Å². The molecule has 0 bridgehead atoms. The van der Waals surface area contributed by atoms with Gasteiger partial charge in [0.1, 0.15) is 5.82 Å². The summed E-state index contributed by atoms with van der Waals surface area (Å²) in [7, 11) is -4.03. The molecule has 0 aliphatic heterocycles. The predicted octanol–water partition coefficient (Wildman–Crippen LogP) is 1.55. The Morgan fingerprint density at radius 1 is 1.23 bits per heavy atom. The number of carboxylic acid groups (broad SMARTS) is 1. The first-order chi connectivity index (χ1) is 10.3. The minimum Gasteiger partial charge on any atom is -0.545 e. The van der Waals surface area contributed by atoms with E-state index in [4.69, 9.17) is 0 Å². The predicted molar refractivity (Wildman–Crippen MR) is 77.4 cm³/mol. The number of halogens is 1. The van der Waals surface area contributed by atoms with Crippen molar-refractivity contribution in [3.05, 3.63) is 59.4 Å². The van der Waals surface area contributed by atoms with Crippen LogP contribution in [0.5, 0.6) is 0 Å². The normalized spacial score (nSPS) is 11.2. The highest BCUT2D eigenvalue weighted by Gasteiger charge is 2.18. The Kier molecular flexibility index (Phi) is 4.46. The van der Waals surface area contributed by atoms with Crippen LogP contribution in [0.25, 0.3) is 0 Å². The molecule has 2 rings (SSSR count). The van der Waals surface area contributed by atoms with Crippen LogP contribution in [0.2, 0.25) is 0 Å². The Hall–Kier alpha value is -2.41. The summed E-state index contributed by atoms with van der Waals surface area (Å²) in [6, 6.07) is 9.34. The van der Waals surface area contributed by atoms with Gasteiger partial charge in [0.25, 0.3) is 10.0 Å². The van der Waals surface area contributed by atoms with Crippen LogP contribution in [0.3, 0.4) is 0 Å². The molecule has 1 N–H and O–H groups in total. The summed E-state index contributed by atoms with van der Waals surface area (Å²) in [5.74, 6) is -2.82. The molecule has 2 aromatic rings. The van der Waals surface area contributed by atoms with E-state index in [1.165, 1.54) is 0 Å². The van der Waals surface area contributed by atoms with Crippen LogP contribution in [0, 0.1) is 5.82 Å². The molecule has 0 fully saturated rings. The standard InChI is InChI=1S/C15H14FNO4S/c1-2-10-5-3-4-6-14(10)17-22(20,21)11-7-8-13(16)12(9-11)15(18)19/h3-9,17H,2H2,1H3,(H,18,19)/p-1. The molecule has 0 saturated heterocycles. The van der Waals surface area contributed by atoms with Crippen molar-refractivity contribution in [1.82, 2.24) is 0 Å². The van der Waals surface area contributed by atoms with E-state index in [-0.39, 0.29) is 4.90 Å². The molecule has 0 spiro atoms. The Labute approximate surface area is 127 Å². The Morgan fingerprint density at radius 3 is 2.55 bits per heavy atom. The molecule has 0 aromatic heterocycles. The lowest BCUT2D eigenvalue weighted by atomic mass is 10.1. The number of rotatable bonds is 5. The largest absolute Gasteiger partial charge is 0.545 e. The van der Waals surface area contributed by atoms with Crippen LogP contribution in [0.1, 0.15) is 22.8 Å². The average Bonchev–Trinajstić information content (AvgIpc) is 2.47. The van der Waals surface area contributed by atoms with Crippen LogP contribution in [-0.4, -0.2) is 14.4 Å². The summed E-state index contributed by atoms with van der Waals surface area (Å²) in [5.41, 5.74) is 0.379. The molecular formula is C15H13FNO4S-. The summed E-state index contributed by atoms with van der Waals surface area (Å²) in [5, 5.41) is 10.8. The lowest BCUT2D eigenvalue weighted by molar-refractivity contribution is -0.255. The first kappa shape index (κ1) is 16.0. The van der Waals surface area contributed by atoms with Crippen molar-refractivity contribution >= 4 is 21.7 Å². The number of aryl methyl sites for hydroxylation is 1. The van der Waals surface area contributed by atoms with Crippen LogP contribution in [0.4, 0.5) is 10.1 Å². The van der Waals surface area contributed by atoms with Gasteiger partial charge in [0.2, 0.25) is 0 Å². The minimum absolute atomic E-state index is 0.348. The third kappa shape index (κ3) is 3.25. The highest BCUT2D eigenvalue weighted by Crippen LogP contribution is 2.21. The highest BCUT2D eigenvalue weighted by atomic mass is 32.2. The second-order valence-electron chi connectivity index (χ2n) is 4.55. The Morgan fingerprint density at radius 2 is 1.91 bits per heavy atom. The third-order valence-electron chi connectivity index (χ3n) is 3.11. The number of anilines is 1. The summed E-state index contributed by atoms with van der Waals surface area (Å²) in [6.45, 7) is 1.87. The SMILES string of the molecule is CCc1ccccc1NS(=O)(=O)c1ccc(F)c(C(=O)[O-])c1. The monoisotopic (exact) mass is 322 g/mol. The van der Waals surface area contributed by atoms with E-state index in [0.717, 1.165) is 23.8 Å². The van der Waals surface area contributed by atoms with Gasteiger partial charge in [0, 0.05) is 5.56 Å². The van der Waals surface area contributed by atoms with Gasteiger partial charge in [-0.15, -0.1) is 0 Å². The molecule has 22 heavy (non-hydrogen) atoms. The van der Waals surface area contributed by atoms with E-state index in [1.54, 1.807) is 24.3 Å². The first-order valence-electron chi connectivity index (χ1n) is 6.46. The number of hydrogen-bond acceptors (Lipinski definition) is 4. The fraction of sp³-hybridized carbons (Fsp3) is 0.133. The van der Waals surface area contributed by atoms with Gasteiger partial charge in [0.15, 0.2) is 0 Å². The van der Waals surface area contributed by atoms with E-state index in [2.05, 4.69) is 4.72 Å². The van der Waals surface area contributed by atoms with Crippen molar-refractivity contribution < 1.29 is 22.7 Å². The van der Waals surface area contributed by atoms with Crippen LogP contribution < -0.4 is 9.83 Å².